The van der Waals surface area contributed by atoms with Gasteiger partial charge < -0.3 is 10.6 Å². The quantitative estimate of drug-likeness (QED) is 0.872. The molecule has 0 amide bonds. The lowest BCUT2D eigenvalue weighted by atomic mass is 10.2. The summed E-state index contributed by atoms with van der Waals surface area (Å²) in [4.78, 5) is 8.22. The Morgan fingerprint density at radius 1 is 1.16 bits per heavy atom. The van der Waals surface area contributed by atoms with Gasteiger partial charge in [0.25, 0.3) is 0 Å². The zero-order valence-electron chi connectivity index (χ0n) is 10.5. The van der Waals surface area contributed by atoms with Crippen molar-refractivity contribution in [2.45, 2.75) is 13.5 Å². The molecule has 0 saturated carbocycles. The second-order valence-corrected chi connectivity index (χ2v) is 3.89. The molecule has 100 valence electrons. The third kappa shape index (κ3) is 3.61. The lowest BCUT2D eigenvalue weighted by molar-refractivity contribution is 0.574. The topological polar surface area (TPSA) is 49.8 Å². The highest BCUT2D eigenvalue weighted by atomic mass is 19.1. The van der Waals surface area contributed by atoms with Crippen LogP contribution in [0.5, 0.6) is 0 Å². The molecule has 1 aromatic heterocycles. The summed E-state index contributed by atoms with van der Waals surface area (Å²) < 4.78 is 26.2. The molecule has 0 bridgehead atoms. The van der Waals surface area contributed by atoms with Crippen LogP contribution in [-0.4, -0.2) is 16.5 Å². The predicted molar refractivity (Wildman–Crippen MR) is 69.9 cm³/mol. The first-order valence-electron chi connectivity index (χ1n) is 5.93. The fraction of sp³-hybridized carbons (Fsp3) is 0.231. The third-order valence-corrected chi connectivity index (χ3v) is 2.47. The molecule has 0 fully saturated rings. The van der Waals surface area contributed by atoms with Gasteiger partial charge in [0.05, 0.1) is 0 Å². The summed E-state index contributed by atoms with van der Waals surface area (Å²) in [6.45, 7) is 2.89. The Bertz CT molecular complexity index is 560. The van der Waals surface area contributed by atoms with E-state index < -0.39 is 11.6 Å². The molecule has 0 aliphatic heterocycles. The van der Waals surface area contributed by atoms with Gasteiger partial charge in [0, 0.05) is 30.9 Å². The van der Waals surface area contributed by atoms with Crippen molar-refractivity contribution in [2.24, 2.45) is 0 Å². The molecule has 6 heteroatoms. The van der Waals surface area contributed by atoms with Crippen LogP contribution >= 0.6 is 0 Å². The second kappa shape index (κ2) is 6.08. The Labute approximate surface area is 109 Å². The molecule has 4 nitrogen and oxygen atoms in total. The van der Waals surface area contributed by atoms with Crippen molar-refractivity contribution in [3.05, 3.63) is 47.7 Å². The van der Waals surface area contributed by atoms with Gasteiger partial charge in [-0.05, 0) is 19.1 Å². The minimum Gasteiger partial charge on any atom is -0.366 e. The molecule has 2 rings (SSSR count). The van der Waals surface area contributed by atoms with Crippen molar-refractivity contribution >= 4 is 11.8 Å². The first-order valence-corrected chi connectivity index (χ1v) is 5.93. The number of halogens is 2. The van der Waals surface area contributed by atoms with Gasteiger partial charge in [0.2, 0.25) is 5.95 Å². The fourth-order valence-corrected chi connectivity index (χ4v) is 1.55. The van der Waals surface area contributed by atoms with E-state index in [1.807, 2.05) is 6.92 Å². The highest BCUT2D eigenvalue weighted by Gasteiger charge is 2.04. The summed E-state index contributed by atoms with van der Waals surface area (Å²) in [5.74, 6) is -0.0760. The molecule has 0 atom stereocenters. The number of hydrogen-bond donors (Lipinski definition) is 2. The number of nitrogens with zero attached hydrogens (tertiary/aromatic N) is 2. The summed E-state index contributed by atoms with van der Waals surface area (Å²) in [7, 11) is 0. The van der Waals surface area contributed by atoms with E-state index in [0.29, 0.717) is 17.3 Å². The molecule has 0 spiro atoms. The average Bonchev–Trinajstić information content (AvgIpc) is 2.38. The van der Waals surface area contributed by atoms with Gasteiger partial charge >= 0.3 is 0 Å². The van der Waals surface area contributed by atoms with Gasteiger partial charge in [-0.2, -0.15) is 4.98 Å². The number of hydrogen-bond acceptors (Lipinski definition) is 4. The molecular weight excluding hydrogens is 250 g/mol. The molecule has 2 aromatic rings. The highest BCUT2D eigenvalue weighted by Crippen LogP contribution is 2.12. The number of aromatic nitrogens is 2. The Hall–Kier alpha value is -2.24. The summed E-state index contributed by atoms with van der Waals surface area (Å²) in [6.07, 6.45) is 1.61. The Kier molecular flexibility index (Phi) is 4.22. The lowest BCUT2D eigenvalue weighted by Crippen LogP contribution is -2.07. The van der Waals surface area contributed by atoms with Crippen LogP contribution in [0.15, 0.2) is 30.5 Å². The van der Waals surface area contributed by atoms with Crippen molar-refractivity contribution in [3.8, 4) is 0 Å². The largest absolute Gasteiger partial charge is 0.366 e. The number of anilines is 2. The molecule has 2 N–H and O–H groups in total. The van der Waals surface area contributed by atoms with Crippen LogP contribution in [0.25, 0.3) is 0 Å². The molecular formula is C13H14F2N4. The summed E-state index contributed by atoms with van der Waals surface area (Å²) in [6, 6.07) is 5.18. The molecule has 1 heterocycles. The zero-order valence-corrected chi connectivity index (χ0v) is 10.5. The van der Waals surface area contributed by atoms with Gasteiger partial charge in [0.15, 0.2) is 0 Å². The molecule has 1 aromatic carbocycles. The van der Waals surface area contributed by atoms with Crippen LogP contribution in [0.1, 0.15) is 12.5 Å². The predicted octanol–water partition coefficient (Wildman–Crippen LogP) is 2.80. The van der Waals surface area contributed by atoms with Gasteiger partial charge in [0.1, 0.15) is 17.5 Å². The van der Waals surface area contributed by atoms with Crippen molar-refractivity contribution < 1.29 is 8.78 Å². The van der Waals surface area contributed by atoms with Gasteiger partial charge in [-0.15, -0.1) is 0 Å². The minimum atomic E-state index is -0.585. The van der Waals surface area contributed by atoms with Crippen molar-refractivity contribution in [3.63, 3.8) is 0 Å². The SMILES string of the molecule is CCNc1nccc(NCc2ccc(F)cc2F)n1. The molecule has 0 unspecified atom stereocenters. The molecule has 19 heavy (non-hydrogen) atoms. The maximum absolute atomic E-state index is 13.4. The Balaban J connectivity index is 2.03. The van der Waals surface area contributed by atoms with E-state index >= 15 is 0 Å². The first kappa shape index (κ1) is 13.2. The third-order valence-electron chi connectivity index (χ3n) is 2.47. The fourth-order valence-electron chi connectivity index (χ4n) is 1.55. The molecule has 0 aliphatic carbocycles. The van der Waals surface area contributed by atoms with E-state index in [-0.39, 0.29) is 6.54 Å². The van der Waals surface area contributed by atoms with Crippen LogP contribution in [-0.2, 0) is 6.54 Å². The maximum Gasteiger partial charge on any atom is 0.224 e. The minimum absolute atomic E-state index is 0.231. The van der Waals surface area contributed by atoms with Crippen LogP contribution < -0.4 is 10.6 Å². The van der Waals surface area contributed by atoms with E-state index in [2.05, 4.69) is 20.6 Å². The van der Waals surface area contributed by atoms with E-state index in [1.54, 1.807) is 12.3 Å². The van der Waals surface area contributed by atoms with Gasteiger partial charge in [-0.25, -0.2) is 13.8 Å². The highest BCUT2D eigenvalue weighted by molar-refractivity contribution is 5.40. The van der Waals surface area contributed by atoms with Crippen molar-refractivity contribution in [1.29, 1.82) is 0 Å². The summed E-state index contributed by atoms with van der Waals surface area (Å²) in [5, 5.41) is 5.95. The summed E-state index contributed by atoms with van der Waals surface area (Å²) in [5.41, 5.74) is 0.380. The van der Waals surface area contributed by atoms with Crippen LogP contribution in [0.3, 0.4) is 0 Å². The van der Waals surface area contributed by atoms with E-state index in [9.17, 15) is 8.78 Å². The number of nitrogens with one attached hydrogen (secondary N) is 2. The number of benzene rings is 1. The second-order valence-electron chi connectivity index (χ2n) is 3.89. The van der Waals surface area contributed by atoms with Crippen LogP contribution in [0.4, 0.5) is 20.5 Å². The lowest BCUT2D eigenvalue weighted by Gasteiger charge is -2.08. The molecule has 0 radical (unpaired) electrons. The first-order chi connectivity index (χ1) is 9.19. The normalized spacial score (nSPS) is 10.3. The standard InChI is InChI=1S/C13H14F2N4/c1-2-16-13-17-6-5-12(19-13)18-8-9-3-4-10(14)7-11(9)15/h3-7H,2,8H2,1H3,(H2,16,17,18,19). The van der Waals surface area contributed by atoms with Gasteiger partial charge in [-0.1, -0.05) is 6.07 Å². The summed E-state index contributed by atoms with van der Waals surface area (Å²) >= 11 is 0. The molecule has 0 aliphatic rings. The maximum atomic E-state index is 13.4. The monoisotopic (exact) mass is 264 g/mol. The molecule has 0 saturated heterocycles. The average molecular weight is 264 g/mol. The zero-order chi connectivity index (χ0) is 13.7. The van der Waals surface area contributed by atoms with E-state index in [0.717, 1.165) is 12.6 Å². The smallest absolute Gasteiger partial charge is 0.224 e. The number of rotatable bonds is 5. The van der Waals surface area contributed by atoms with Crippen LogP contribution in [0, 0.1) is 11.6 Å². The van der Waals surface area contributed by atoms with E-state index in [1.165, 1.54) is 12.1 Å². The Morgan fingerprint density at radius 2 is 2.00 bits per heavy atom. The van der Waals surface area contributed by atoms with Crippen molar-refractivity contribution in [1.82, 2.24) is 9.97 Å². The van der Waals surface area contributed by atoms with Gasteiger partial charge in [-0.3, -0.25) is 0 Å². The van der Waals surface area contributed by atoms with Crippen LogP contribution in [0.2, 0.25) is 0 Å². The van der Waals surface area contributed by atoms with E-state index in [4.69, 9.17) is 0 Å². The Morgan fingerprint density at radius 3 is 2.74 bits per heavy atom. The van der Waals surface area contributed by atoms with Crippen molar-refractivity contribution in [2.75, 3.05) is 17.2 Å².